The first-order valence-corrected chi connectivity index (χ1v) is 21.9. The summed E-state index contributed by atoms with van der Waals surface area (Å²) in [7, 11) is -4.38. The van der Waals surface area contributed by atoms with Gasteiger partial charge in [-0.1, -0.05) is 48.0 Å². The van der Waals surface area contributed by atoms with Gasteiger partial charge in [-0.25, -0.2) is 0 Å². The summed E-state index contributed by atoms with van der Waals surface area (Å²) in [4.78, 5) is 0. The summed E-state index contributed by atoms with van der Waals surface area (Å²) in [6, 6.07) is 0. The maximum Gasteiger partial charge on any atom is 0.461 e. The van der Waals surface area contributed by atoms with E-state index in [1.54, 1.807) is 0 Å². The molecule has 0 aromatic rings. The second kappa shape index (κ2) is 12.3. The average molecular weight is 613 g/mol. The Bertz CT molecular complexity index is 775. The lowest BCUT2D eigenvalue weighted by Gasteiger charge is -2.37. The molecule has 0 radical (unpaired) electrons. The molecule has 2 aliphatic rings. The maximum absolute atomic E-state index is 6.67. The van der Waals surface area contributed by atoms with E-state index in [1.807, 2.05) is 0 Å². The third-order valence-corrected chi connectivity index (χ3v) is 20.5. The van der Waals surface area contributed by atoms with E-state index in [9.17, 15) is 0 Å². The molecular formula is C31H66B2O6Si2. The number of hydrogen-bond donors (Lipinski definition) is 0. The molecule has 2 saturated heterocycles. The average Bonchev–Trinajstić information content (AvgIpc) is 3.09. The van der Waals surface area contributed by atoms with Gasteiger partial charge in [0.2, 0.25) is 0 Å². The second-order valence-electron chi connectivity index (χ2n) is 17.8. The van der Waals surface area contributed by atoms with Crippen LogP contribution in [0.1, 0.15) is 116 Å². The SMILES string of the molecule is CC1(C)OB([C@@H](CCO[Si](C)(C)C(C)(C)C)C[C@H](CCO[Si](C)(C)C(C)(C)C)B2OC(C)(C)C(C)(C)O2)OC1(C)C. The van der Waals surface area contributed by atoms with Crippen molar-refractivity contribution >= 4 is 30.9 Å². The van der Waals surface area contributed by atoms with Gasteiger partial charge in [-0.05, 0) is 116 Å². The van der Waals surface area contributed by atoms with Gasteiger partial charge >= 0.3 is 14.2 Å². The minimum Gasteiger partial charge on any atom is -0.417 e. The molecule has 2 aliphatic heterocycles. The summed E-state index contributed by atoms with van der Waals surface area (Å²) in [6.45, 7) is 41.5. The van der Waals surface area contributed by atoms with Gasteiger partial charge in [-0.15, -0.1) is 0 Å². The molecule has 0 N–H and O–H groups in total. The molecule has 2 atom stereocenters. The van der Waals surface area contributed by atoms with Gasteiger partial charge in [0.05, 0.1) is 22.4 Å². The molecule has 0 aliphatic carbocycles. The lowest BCUT2D eigenvalue weighted by molar-refractivity contribution is 0.00578. The Hall–Kier alpha value is 0.324. The first-order valence-electron chi connectivity index (χ1n) is 16.0. The Morgan fingerprint density at radius 1 is 0.537 bits per heavy atom. The van der Waals surface area contributed by atoms with Gasteiger partial charge in [0.15, 0.2) is 16.6 Å². The summed E-state index contributed by atoms with van der Waals surface area (Å²) < 4.78 is 40.0. The van der Waals surface area contributed by atoms with Crippen LogP contribution in [0.4, 0.5) is 0 Å². The van der Waals surface area contributed by atoms with Crippen LogP contribution in [-0.2, 0) is 27.5 Å². The molecule has 41 heavy (non-hydrogen) atoms. The zero-order valence-corrected chi connectivity index (χ0v) is 32.3. The number of hydrogen-bond acceptors (Lipinski definition) is 6. The third-order valence-electron chi connectivity index (χ3n) is 11.4. The van der Waals surface area contributed by atoms with Crippen molar-refractivity contribution in [3.63, 3.8) is 0 Å². The Morgan fingerprint density at radius 2 is 0.780 bits per heavy atom. The molecule has 0 aromatic heterocycles. The van der Waals surface area contributed by atoms with Gasteiger partial charge in [0.1, 0.15) is 0 Å². The second-order valence-corrected chi connectivity index (χ2v) is 27.4. The Balaban J connectivity index is 2.33. The number of rotatable bonds is 12. The van der Waals surface area contributed by atoms with Gasteiger partial charge in [-0.2, -0.15) is 0 Å². The van der Waals surface area contributed by atoms with Crippen LogP contribution in [0.15, 0.2) is 0 Å². The van der Waals surface area contributed by atoms with Crippen LogP contribution < -0.4 is 0 Å². The van der Waals surface area contributed by atoms with Gasteiger partial charge in [0.25, 0.3) is 0 Å². The monoisotopic (exact) mass is 612 g/mol. The zero-order valence-electron chi connectivity index (χ0n) is 30.3. The largest absolute Gasteiger partial charge is 0.461 e. The van der Waals surface area contributed by atoms with Crippen molar-refractivity contribution in [1.82, 2.24) is 0 Å². The van der Waals surface area contributed by atoms with Gasteiger partial charge in [0, 0.05) is 13.2 Å². The summed E-state index contributed by atoms with van der Waals surface area (Å²) >= 11 is 0. The molecule has 6 nitrogen and oxygen atoms in total. The highest BCUT2D eigenvalue weighted by Gasteiger charge is 2.57. The molecule has 10 heteroatoms. The van der Waals surface area contributed by atoms with E-state index in [0.717, 1.165) is 19.3 Å². The summed E-state index contributed by atoms with van der Waals surface area (Å²) in [5.74, 6) is 0.274. The van der Waals surface area contributed by atoms with Crippen molar-refractivity contribution in [3.05, 3.63) is 0 Å². The quantitative estimate of drug-likeness (QED) is 0.205. The van der Waals surface area contributed by atoms with Crippen LogP contribution in [-0.4, -0.2) is 66.5 Å². The summed E-state index contributed by atoms with van der Waals surface area (Å²) in [5.41, 5.74) is -1.55. The van der Waals surface area contributed by atoms with Crippen molar-refractivity contribution in [2.24, 2.45) is 0 Å². The van der Waals surface area contributed by atoms with Crippen molar-refractivity contribution in [2.75, 3.05) is 13.2 Å². The molecular weight excluding hydrogens is 546 g/mol. The fourth-order valence-electron chi connectivity index (χ4n) is 4.65. The third kappa shape index (κ3) is 8.74. The molecule has 2 fully saturated rings. The molecule has 0 amide bonds. The molecule has 2 heterocycles. The van der Waals surface area contributed by atoms with Crippen molar-refractivity contribution < 1.29 is 27.5 Å². The van der Waals surface area contributed by atoms with E-state index in [-0.39, 0.29) is 58.4 Å². The normalized spacial score (nSPS) is 24.1. The van der Waals surface area contributed by atoms with Crippen molar-refractivity contribution in [3.8, 4) is 0 Å². The van der Waals surface area contributed by atoms with E-state index in [2.05, 4.69) is 123 Å². The van der Waals surface area contributed by atoms with Crippen LogP contribution in [0.5, 0.6) is 0 Å². The summed E-state index contributed by atoms with van der Waals surface area (Å²) in [6.07, 6.45) is 2.58. The molecule has 0 spiro atoms. The standard InChI is InChI=1S/C31H66B2O6Si2/c1-26(2,3)40(15,16)34-21-19-24(32-36-28(7,8)29(9,10)37-32)23-25(20-22-35-41(17,18)27(4,5)6)33-38-30(11,12)31(13,14)39-33/h24-25H,19-23H2,1-18H3/t24-,25-/m0/s1. The smallest absolute Gasteiger partial charge is 0.417 e. The van der Waals surface area contributed by atoms with Crippen LogP contribution in [0, 0.1) is 0 Å². The molecule has 240 valence electrons. The van der Waals surface area contributed by atoms with E-state index in [0.29, 0.717) is 13.2 Å². The molecule has 0 aromatic carbocycles. The van der Waals surface area contributed by atoms with E-state index < -0.39 is 16.6 Å². The van der Waals surface area contributed by atoms with Crippen LogP contribution >= 0.6 is 0 Å². The van der Waals surface area contributed by atoms with Crippen LogP contribution in [0.25, 0.3) is 0 Å². The maximum atomic E-state index is 6.67. The topological polar surface area (TPSA) is 55.4 Å². The van der Waals surface area contributed by atoms with Gasteiger partial charge in [-0.3, -0.25) is 0 Å². The molecule has 0 saturated carbocycles. The van der Waals surface area contributed by atoms with E-state index in [1.165, 1.54) is 0 Å². The Morgan fingerprint density at radius 3 is 1.00 bits per heavy atom. The molecule has 0 bridgehead atoms. The highest BCUT2D eigenvalue weighted by molar-refractivity contribution is 6.74. The minimum absolute atomic E-state index is 0.137. The molecule has 0 unspecified atom stereocenters. The zero-order chi connectivity index (χ0) is 32.1. The summed E-state index contributed by atoms with van der Waals surface area (Å²) in [5, 5.41) is 0.332. The lowest BCUT2D eigenvalue weighted by atomic mass is 9.58. The van der Waals surface area contributed by atoms with E-state index >= 15 is 0 Å². The minimum atomic E-state index is -1.88. The van der Waals surface area contributed by atoms with Crippen LogP contribution in [0.3, 0.4) is 0 Å². The highest BCUT2D eigenvalue weighted by Crippen LogP contribution is 2.48. The van der Waals surface area contributed by atoms with Crippen molar-refractivity contribution in [1.29, 1.82) is 0 Å². The predicted octanol–water partition coefficient (Wildman–Crippen LogP) is 9.13. The first-order chi connectivity index (χ1) is 18.1. The Labute approximate surface area is 257 Å². The predicted molar refractivity (Wildman–Crippen MR) is 180 cm³/mol. The fraction of sp³-hybridized carbons (Fsp3) is 1.00. The van der Waals surface area contributed by atoms with Gasteiger partial charge < -0.3 is 27.5 Å². The highest BCUT2D eigenvalue weighted by atomic mass is 28.4. The fourth-order valence-corrected chi connectivity index (χ4v) is 6.77. The molecule has 2 rings (SSSR count). The van der Waals surface area contributed by atoms with Crippen molar-refractivity contribution in [2.45, 2.75) is 186 Å². The Kier molecular flexibility index (Phi) is 11.2. The first kappa shape index (κ1) is 37.5. The van der Waals surface area contributed by atoms with E-state index in [4.69, 9.17) is 27.5 Å². The lowest BCUT2D eigenvalue weighted by Crippen LogP contribution is -2.42. The van der Waals surface area contributed by atoms with Crippen LogP contribution in [0.2, 0.25) is 47.9 Å².